The van der Waals surface area contributed by atoms with Crippen molar-refractivity contribution in [2.24, 2.45) is 4.99 Å². The number of carbonyl (C=O) groups is 1. The summed E-state index contributed by atoms with van der Waals surface area (Å²) in [6, 6.07) is 17.4. The summed E-state index contributed by atoms with van der Waals surface area (Å²) in [5.74, 6) is 1.65. The number of hydrogen-bond donors (Lipinski definition) is 3. The molecule has 0 fully saturated rings. The number of nitrogens with zero attached hydrogens (tertiary/aromatic N) is 2. The van der Waals surface area contributed by atoms with Gasteiger partial charge >= 0.3 is 6.03 Å². The predicted molar refractivity (Wildman–Crippen MR) is 118 cm³/mol. The Labute approximate surface area is 173 Å². The van der Waals surface area contributed by atoms with Crippen LogP contribution in [0.2, 0.25) is 0 Å². The normalized spacial score (nSPS) is 11.1. The minimum atomic E-state index is -0.203. The maximum absolute atomic E-state index is 11.7. The van der Waals surface area contributed by atoms with Crippen LogP contribution in [0.3, 0.4) is 0 Å². The minimum absolute atomic E-state index is 0.0975. The maximum atomic E-state index is 11.7. The van der Waals surface area contributed by atoms with Gasteiger partial charge in [-0.25, -0.2) is 4.79 Å². The van der Waals surface area contributed by atoms with E-state index in [1.165, 1.54) is 0 Å². The van der Waals surface area contributed by atoms with Gasteiger partial charge in [0.15, 0.2) is 5.96 Å². The summed E-state index contributed by atoms with van der Waals surface area (Å²) < 4.78 is 5.74. The molecule has 0 unspecified atom stereocenters. The molecule has 0 aliphatic carbocycles. The highest BCUT2D eigenvalue weighted by Gasteiger charge is 2.07. The molecule has 29 heavy (non-hydrogen) atoms. The van der Waals surface area contributed by atoms with E-state index in [4.69, 9.17) is 4.74 Å². The molecule has 0 saturated heterocycles. The number of likely N-dealkylation sites (N-methyl/N-ethyl adjacent to an activating group) is 1. The number of rotatable bonds is 8. The second-order valence-corrected chi connectivity index (χ2v) is 6.93. The monoisotopic (exact) mass is 397 g/mol. The van der Waals surface area contributed by atoms with Crippen molar-refractivity contribution in [2.45, 2.75) is 26.4 Å². The van der Waals surface area contributed by atoms with Gasteiger partial charge < -0.3 is 25.6 Å². The topological polar surface area (TPSA) is 78.0 Å². The molecule has 2 amide bonds. The van der Waals surface area contributed by atoms with Crippen LogP contribution in [-0.4, -0.2) is 50.2 Å². The van der Waals surface area contributed by atoms with E-state index in [0.29, 0.717) is 19.7 Å². The van der Waals surface area contributed by atoms with Crippen LogP contribution in [0.15, 0.2) is 59.6 Å². The largest absolute Gasteiger partial charge is 0.492 e. The summed E-state index contributed by atoms with van der Waals surface area (Å²) in [5, 5.41) is 8.96. The van der Waals surface area contributed by atoms with E-state index in [9.17, 15) is 4.79 Å². The highest BCUT2D eigenvalue weighted by Crippen LogP contribution is 2.10. The van der Waals surface area contributed by atoms with E-state index in [1.54, 1.807) is 7.05 Å². The van der Waals surface area contributed by atoms with Crippen LogP contribution in [0.5, 0.6) is 5.75 Å². The Bertz CT molecular complexity index is 776. The Kier molecular flexibility index (Phi) is 8.82. The summed E-state index contributed by atoms with van der Waals surface area (Å²) in [7, 11) is 3.74. The fourth-order valence-corrected chi connectivity index (χ4v) is 2.62. The van der Waals surface area contributed by atoms with Crippen LogP contribution in [0.4, 0.5) is 10.5 Å². The second-order valence-electron chi connectivity index (χ2n) is 6.93. The lowest BCUT2D eigenvalue weighted by Gasteiger charge is -2.22. The smallest absolute Gasteiger partial charge is 0.319 e. The van der Waals surface area contributed by atoms with Crippen molar-refractivity contribution < 1.29 is 9.53 Å². The van der Waals surface area contributed by atoms with Crippen molar-refractivity contribution in [2.75, 3.05) is 32.6 Å². The summed E-state index contributed by atoms with van der Waals surface area (Å²) in [4.78, 5) is 18.1. The lowest BCUT2D eigenvalue weighted by Crippen LogP contribution is -2.40. The molecule has 0 heterocycles. The van der Waals surface area contributed by atoms with Gasteiger partial charge in [-0.1, -0.05) is 30.3 Å². The zero-order valence-corrected chi connectivity index (χ0v) is 17.6. The number of anilines is 1. The van der Waals surface area contributed by atoms with Crippen LogP contribution in [-0.2, 0) is 6.54 Å². The first-order valence-electron chi connectivity index (χ1n) is 9.74. The number of carbonyl (C=O) groups excluding carboxylic acids is 1. The second kappa shape index (κ2) is 11.6. The molecule has 0 bridgehead atoms. The van der Waals surface area contributed by atoms with Crippen LogP contribution >= 0.6 is 0 Å². The molecule has 7 heteroatoms. The van der Waals surface area contributed by atoms with Gasteiger partial charge in [-0.05, 0) is 43.7 Å². The van der Waals surface area contributed by atoms with Crippen molar-refractivity contribution in [3.05, 3.63) is 60.2 Å². The van der Waals surface area contributed by atoms with E-state index in [-0.39, 0.29) is 12.1 Å². The third-order valence-electron chi connectivity index (χ3n) is 4.09. The van der Waals surface area contributed by atoms with E-state index >= 15 is 0 Å². The molecule has 2 aromatic carbocycles. The zero-order chi connectivity index (χ0) is 21.1. The molecule has 0 aliphatic rings. The van der Waals surface area contributed by atoms with Crippen molar-refractivity contribution in [3.63, 3.8) is 0 Å². The van der Waals surface area contributed by atoms with E-state index < -0.39 is 0 Å². The third kappa shape index (κ3) is 8.13. The number of guanidine groups is 1. The van der Waals surface area contributed by atoms with Gasteiger partial charge in [0.25, 0.3) is 0 Å². The van der Waals surface area contributed by atoms with Gasteiger partial charge in [0.05, 0.1) is 6.54 Å². The number of amides is 2. The summed E-state index contributed by atoms with van der Waals surface area (Å²) in [6.45, 7) is 5.76. The molecule has 0 spiro atoms. The van der Waals surface area contributed by atoms with Crippen molar-refractivity contribution in [3.8, 4) is 5.75 Å². The molecular formula is C22H31N5O2. The Hall–Kier alpha value is -3.22. The number of hydrogen-bond acceptors (Lipinski definition) is 3. The van der Waals surface area contributed by atoms with Gasteiger partial charge in [0.2, 0.25) is 0 Å². The van der Waals surface area contributed by atoms with Gasteiger partial charge in [0, 0.05) is 32.4 Å². The Morgan fingerprint density at radius 3 is 2.41 bits per heavy atom. The number of benzene rings is 2. The lowest BCUT2D eigenvalue weighted by atomic mass is 10.2. The van der Waals surface area contributed by atoms with E-state index in [0.717, 1.165) is 23.0 Å². The number of para-hydroxylation sites is 1. The number of aliphatic imine (C=N–C) groups is 1. The quantitative estimate of drug-likeness (QED) is 0.472. The number of urea groups is 1. The van der Waals surface area contributed by atoms with E-state index in [1.807, 2.05) is 80.4 Å². The molecule has 2 rings (SSSR count). The Balaban J connectivity index is 1.77. The maximum Gasteiger partial charge on any atom is 0.319 e. The Morgan fingerprint density at radius 1 is 1.10 bits per heavy atom. The fraction of sp³-hybridized carbons (Fsp3) is 0.364. The number of nitrogens with one attached hydrogen (secondary N) is 3. The van der Waals surface area contributed by atoms with Gasteiger partial charge in [-0.3, -0.25) is 4.99 Å². The van der Waals surface area contributed by atoms with Crippen molar-refractivity contribution in [1.82, 2.24) is 15.5 Å². The van der Waals surface area contributed by atoms with Crippen LogP contribution in [0.25, 0.3) is 0 Å². The van der Waals surface area contributed by atoms with Crippen molar-refractivity contribution in [1.29, 1.82) is 0 Å². The molecule has 0 aliphatic heterocycles. The highest BCUT2D eigenvalue weighted by atomic mass is 16.5. The highest BCUT2D eigenvalue weighted by molar-refractivity contribution is 5.89. The Morgan fingerprint density at radius 2 is 1.79 bits per heavy atom. The molecular weight excluding hydrogens is 366 g/mol. The first-order valence-corrected chi connectivity index (χ1v) is 9.74. The van der Waals surface area contributed by atoms with Gasteiger partial charge in [-0.15, -0.1) is 0 Å². The number of ether oxygens (including phenoxy) is 1. The predicted octanol–water partition coefficient (Wildman–Crippen LogP) is 3.30. The van der Waals surface area contributed by atoms with E-state index in [2.05, 4.69) is 20.9 Å². The van der Waals surface area contributed by atoms with Gasteiger partial charge in [-0.2, -0.15) is 0 Å². The third-order valence-corrected chi connectivity index (χ3v) is 4.09. The average molecular weight is 398 g/mol. The van der Waals surface area contributed by atoms with Gasteiger partial charge in [0.1, 0.15) is 12.4 Å². The first kappa shape index (κ1) is 22.1. The molecule has 0 atom stereocenters. The molecule has 0 saturated carbocycles. The SMILES string of the molecule is CN=C(NCc1ccc(NC(=O)NC(C)C)cc1)N(C)CCOc1ccccc1. The molecule has 156 valence electrons. The summed E-state index contributed by atoms with van der Waals surface area (Å²) in [6.07, 6.45) is 0. The van der Waals surface area contributed by atoms with Crippen LogP contribution in [0, 0.1) is 0 Å². The fourth-order valence-electron chi connectivity index (χ4n) is 2.62. The summed E-state index contributed by atoms with van der Waals surface area (Å²) >= 11 is 0. The standard InChI is InChI=1S/C22H31N5O2/c1-17(2)25-22(28)26-19-12-10-18(11-13-19)16-24-21(23-3)27(4)14-15-29-20-8-6-5-7-9-20/h5-13,17H,14-16H2,1-4H3,(H,23,24)(H2,25,26,28). The minimum Gasteiger partial charge on any atom is -0.492 e. The molecule has 0 aromatic heterocycles. The first-order chi connectivity index (χ1) is 14.0. The average Bonchev–Trinajstić information content (AvgIpc) is 2.70. The molecule has 0 radical (unpaired) electrons. The lowest BCUT2D eigenvalue weighted by molar-refractivity contribution is 0.250. The van der Waals surface area contributed by atoms with Crippen molar-refractivity contribution >= 4 is 17.7 Å². The van der Waals surface area contributed by atoms with Crippen LogP contribution < -0.4 is 20.7 Å². The summed E-state index contributed by atoms with van der Waals surface area (Å²) in [5.41, 5.74) is 1.85. The zero-order valence-electron chi connectivity index (χ0n) is 17.6. The molecule has 2 aromatic rings. The van der Waals surface area contributed by atoms with Crippen LogP contribution in [0.1, 0.15) is 19.4 Å². The molecule has 7 nitrogen and oxygen atoms in total. The molecule has 3 N–H and O–H groups in total.